The topological polar surface area (TPSA) is 43.1 Å². The number of hydrogen-bond acceptors (Lipinski definition) is 2. The fourth-order valence-corrected chi connectivity index (χ4v) is 1.81. The molecule has 0 atom stereocenters. The molecule has 50 valence electrons. The van der Waals surface area contributed by atoms with Gasteiger partial charge < -0.3 is 0 Å². The zero-order chi connectivity index (χ0) is 6.70. The molecule has 0 spiro atoms. The van der Waals surface area contributed by atoms with E-state index in [9.17, 15) is 14.5 Å². The Bertz CT molecular complexity index is 172. The number of hydrogen-bond donors (Lipinski definition) is 0. The molecule has 0 aromatic rings. The molecule has 0 amide bonds. The van der Waals surface area contributed by atoms with Gasteiger partial charge in [-0.25, -0.2) is 4.39 Å². The molecule has 0 heterocycles. The lowest BCUT2D eigenvalue weighted by Gasteiger charge is -2.57. The monoisotopic (exact) mass is 131 g/mol. The summed E-state index contributed by atoms with van der Waals surface area (Å²) >= 11 is 0. The van der Waals surface area contributed by atoms with Crippen molar-refractivity contribution in [2.24, 2.45) is 0 Å². The van der Waals surface area contributed by atoms with E-state index in [1.54, 1.807) is 0 Å². The zero-order valence-corrected chi connectivity index (χ0v) is 4.76. The number of nitro groups is 1. The first-order valence-corrected chi connectivity index (χ1v) is 2.90. The molecule has 4 heteroatoms. The maximum Gasteiger partial charge on any atom is 0.231 e. The fraction of sp³-hybridized carbons (Fsp3) is 1.00. The van der Waals surface area contributed by atoms with Crippen molar-refractivity contribution in [2.75, 3.05) is 0 Å². The van der Waals surface area contributed by atoms with Gasteiger partial charge in [-0.1, -0.05) is 0 Å². The molecule has 0 aromatic carbocycles. The van der Waals surface area contributed by atoms with Gasteiger partial charge in [0.1, 0.15) is 5.67 Å². The van der Waals surface area contributed by atoms with Gasteiger partial charge in [-0.15, -0.1) is 0 Å². The lowest BCUT2D eigenvalue weighted by atomic mass is 9.48. The third kappa shape index (κ3) is 0.383. The molecule has 3 saturated carbocycles. The second-order valence-corrected chi connectivity index (χ2v) is 3.16. The quantitative estimate of drug-likeness (QED) is 0.392. The Morgan fingerprint density at radius 2 is 1.89 bits per heavy atom. The fourth-order valence-electron chi connectivity index (χ4n) is 1.81. The van der Waals surface area contributed by atoms with Crippen LogP contribution in [0, 0.1) is 10.1 Å². The van der Waals surface area contributed by atoms with Crippen LogP contribution in [0.1, 0.15) is 19.3 Å². The maximum atomic E-state index is 12.6. The summed E-state index contributed by atoms with van der Waals surface area (Å²) in [7, 11) is 0. The third-order valence-corrected chi connectivity index (χ3v) is 2.32. The molecule has 0 aliphatic heterocycles. The van der Waals surface area contributed by atoms with E-state index in [0.717, 1.165) is 0 Å². The third-order valence-electron chi connectivity index (χ3n) is 2.32. The van der Waals surface area contributed by atoms with Gasteiger partial charge in [-0.05, 0) is 0 Å². The van der Waals surface area contributed by atoms with Crippen LogP contribution < -0.4 is 0 Å². The van der Waals surface area contributed by atoms with Crippen LogP contribution in [-0.4, -0.2) is 16.1 Å². The lowest BCUT2D eigenvalue weighted by molar-refractivity contribution is -0.635. The van der Waals surface area contributed by atoms with Crippen LogP contribution in [0.2, 0.25) is 0 Å². The van der Waals surface area contributed by atoms with Crippen molar-refractivity contribution in [3.63, 3.8) is 0 Å². The van der Waals surface area contributed by atoms with Crippen LogP contribution in [0.3, 0.4) is 0 Å². The largest absolute Gasteiger partial charge is 0.264 e. The Balaban J connectivity index is 2.13. The predicted molar refractivity (Wildman–Crippen MR) is 27.4 cm³/mol. The lowest BCUT2D eigenvalue weighted by Crippen LogP contribution is -2.73. The van der Waals surface area contributed by atoms with Gasteiger partial charge in [0.15, 0.2) is 0 Å². The second kappa shape index (κ2) is 0.978. The zero-order valence-electron chi connectivity index (χ0n) is 4.76. The van der Waals surface area contributed by atoms with Crippen molar-refractivity contribution in [1.82, 2.24) is 0 Å². The molecular formula is C5H6FNO2. The summed E-state index contributed by atoms with van der Waals surface area (Å²) in [6, 6.07) is 0. The molecule has 3 aliphatic carbocycles. The summed E-state index contributed by atoms with van der Waals surface area (Å²) in [4.78, 5) is 9.78. The highest BCUT2D eigenvalue weighted by Gasteiger charge is 2.78. The molecule has 3 rings (SSSR count). The minimum atomic E-state index is -1.13. The number of rotatable bonds is 1. The van der Waals surface area contributed by atoms with Gasteiger partial charge >= 0.3 is 0 Å². The predicted octanol–water partition coefficient (Wildman–Crippen LogP) is 0.908. The first-order valence-electron chi connectivity index (χ1n) is 2.90. The van der Waals surface area contributed by atoms with Gasteiger partial charge in [0, 0.05) is 4.92 Å². The summed E-state index contributed by atoms with van der Waals surface area (Å²) in [6.07, 6.45) is 0.479. The Morgan fingerprint density at radius 1 is 1.44 bits per heavy atom. The molecule has 9 heavy (non-hydrogen) atoms. The van der Waals surface area contributed by atoms with Crippen LogP contribution in [-0.2, 0) is 0 Å². The first-order chi connectivity index (χ1) is 4.06. The van der Waals surface area contributed by atoms with Crippen molar-refractivity contribution in [2.45, 2.75) is 30.5 Å². The van der Waals surface area contributed by atoms with Crippen molar-refractivity contribution < 1.29 is 9.31 Å². The summed E-state index contributed by atoms with van der Waals surface area (Å²) in [5.74, 6) is 0. The Morgan fingerprint density at radius 3 is 2.00 bits per heavy atom. The van der Waals surface area contributed by atoms with Crippen LogP contribution in [0.15, 0.2) is 0 Å². The average Bonchev–Trinajstić information content (AvgIpc) is 1.54. The Hall–Kier alpha value is -0.670. The Kier molecular flexibility index (Phi) is 0.559. The molecule has 3 fully saturated rings. The first kappa shape index (κ1) is 5.14. The van der Waals surface area contributed by atoms with E-state index in [1.807, 2.05) is 0 Å². The van der Waals surface area contributed by atoms with Gasteiger partial charge in [0.25, 0.3) is 0 Å². The van der Waals surface area contributed by atoms with Crippen molar-refractivity contribution in [1.29, 1.82) is 0 Å². The van der Waals surface area contributed by atoms with E-state index in [4.69, 9.17) is 0 Å². The number of alkyl halides is 1. The van der Waals surface area contributed by atoms with Gasteiger partial charge in [-0.3, -0.25) is 10.1 Å². The van der Waals surface area contributed by atoms with Crippen molar-refractivity contribution in [3.8, 4) is 0 Å². The number of nitrogens with zero attached hydrogens (tertiary/aromatic N) is 1. The maximum absolute atomic E-state index is 12.6. The Labute approximate surface area is 51.0 Å². The van der Waals surface area contributed by atoms with E-state index >= 15 is 0 Å². The summed E-state index contributed by atoms with van der Waals surface area (Å²) in [5.41, 5.74) is -1.96. The summed E-state index contributed by atoms with van der Waals surface area (Å²) in [5, 5.41) is 10.1. The van der Waals surface area contributed by atoms with Crippen molar-refractivity contribution >= 4 is 0 Å². The smallest absolute Gasteiger partial charge is 0.231 e. The molecule has 0 radical (unpaired) electrons. The number of halogens is 1. The molecule has 3 aliphatic rings. The van der Waals surface area contributed by atoms with Gasteiger partial charge in [0.05, 0.1) is 19.3 Å². The average molecular weight is 131 g/mol. The van der Waals surface area contributed by atoms with Crippen LogP contribution >= 0.6 is 0 Å². The second-order valence-electron chi connectivity index (χ2n) is 3.16. The highest BCUT2D eigenvalue weighted by molar-refractivity contribution is 5.20. The standard InChI is InChI=1S/C5H6FNO2/c6-4-1-5(2-4,3-4)7(8)9/h1-3H2. The van der Waals surface area contributed by atoms with E-state index in [-0.39, 0.29) is 24.2 Å². The van der Waals surface area contributed by atoms with Crippen LogP contribution in [0.25, 0.3) is 0 Å². The van der Waals surface area contributed by atoms with Crippen LogP contribution in [0.4, 0.5) is 4.39 Å². The molecule has 0 unspecified atom stereocenters. The highest BCUT2D eigenvalue weighted by Crippen LogP contribution is 2.64. The molecular weight excluding hydrogens is 125 g/mol. The minimum absolute atomic E-state index is 0.160. The van der Waals surface area contributed by atoms with E-state index < -0.39 is 11.2 Å². The molecule has 0 saturated heterocycles. The normalized spacial score (nSPS) is 53.4. The molecule has 3 nitrogen and oxygen atoms in total. The van der Waals surface area contributed by atoms with Crippen molar-refractivity contribution in [3.05, 3.63) is 10.1 Å². The molecule has 2 bridgehead atoms. The summed E-state index contributed by atoms with van der Waals surface area (Å²) in [6.45, 7) is 0. The molecule has 0 N–H and O–H groups in total. The highest BCUT2D eigenvalue weighted by atomic mass is 19.1. The molecule has 0 aromatic heterocycles. The summed E-state index contributed by atoms with van der Waals surface area (Å²) < 4.78 is 12.6. The van der Waals surface area contributed by atoms with Gasteiger partial charge in [0.2, 0.25) is 5.54 Å². The minimum Gasteiger partial charge on any atom is -0.264 e. The van der Waals surface area contributed by atoms with Crippen LogP contribution in [0.5, 0.6) is 0 Å². The van der Waals surface area contributed by atoms with E-state index in [1.165, 1.54) is 0 Å². The van der Waals surface area contributed by atoms with E-state index in [2.05, 4.69) is 0 Å². The van der Waals surface area contributed by atoms with E-state index in [0.29, 0.717) is 0 Å². The van der Waals surface area contributed by atoms with Gasteiger partial charge in [-0.2, -0.15) is 0 Å². The SMILES string of the molecule is O=[N+]([O-])C12CC(F)(C1)C2.